The number of aliphatic hydroxyl groups excluding tert-OH is 1. The normalized spacial score (nSPS) is 15.5. The number of anilines is 1. The summed E-state index contributed by atoms with van der Waals surface area (Å²) in [4.78, 5) is 32.3. The van der Waals surface area contributed by atoms with Gasteiger partial charge in [-0.25, -0.2) is 4.98 Å². The third-order valence-electron chi connectivity index (χ3n) is 4.44. The Balaban J connectivity index is 1.72. The van der Waals surface area contributed by atoms with E-state index in [4.69, 9.17) is 21.7 Å². The fourth-order valence-corrected chi connectivity index (χ4v) is 4.22. The molecule has 0 spiro atoms. The maximum absolute atomic E-state index is 13.1. The number of nitrogens with zero attached hydrogens (tertiary/aromatic N) is 3. The van der Waals surface area contributed by atoms with E-state index in [2.05, 4.69) is 10.3 Å². The van der Waals surface area contributed by atoms with Crippen LogP contribution in [0.1, 0.15) is 17.7 Å². The van der Waals surface area contributed by atoms with E-state index in [0.717, 1.165) is 11.8 Å². The minimum Gasteiger partial charge on any atom is -0.467 e. The zero-order valence-corrected chi connectivity index (χ0v) is 17.4. The molecule has 0 aromatic carbocycles. The highest BCUT2D eigenvalue weighted by molar-refractivity contribution is 8.26. The van der Waals surface area contributed by atoms with Crippen LogP contribution in [0, 0.1) is 0 Å². The number of thiocarbonyl (C=S) groups is 1. The summed E-state index contributed by atoms with van der Waals surface area (Å²) < 4.78 is 7.13. The van der Waals surface area contributed by atoms with E-state index < -0.39 is 0 Å². The number of thioether (sulfide) groups is 1. The van der Waals surface area contributed by atoms with Crippen molar-refractivity contribution in [1.82, 2.24) is 14.3 Å². The molecule has 1 fully saturated rings. The van der Waals surface area contributed by atoms with Crippen molar-refractivity contribution in [2.75, 3.05) is 18.5 Å². The molecule has 30 heavy (non-hydrogen) atoms. The SMILES string of the molecule is O=C1/C(=C\c2c(NCCCO)nc3ccccn3c2=O)SC(=S)N1Cc1ccco1. The van der Waals surface area contributed by atoms with E-state index in [0.29, 0.717) is 39.4 Å². The molecule has 0 radical (unpaired) electrons. The Morgan fingerprint density at radius 1 is 1.27 bits per heavy atom. The molecule has 0 saturated carbocycles. The molecule has 0 unspecified atom stereocenters. The monoisotopic (exact) mass is 442 g/mol. The molecule has 3 aromatic heterocycles. The first-order chi connectivity index (χ1) is 14.6. The van der Waals surface area contributed by atoms with Crippen LogP contribution in [0.5, 0.6) is 0 Å². The lowest BCUT2D eigenvalue weighted by Gasteiger charge is -2.12. The molecule has 10 heteroatoms. The maximum Gasteiger partial charge on any atom is 0.267 e. The molecule has 1 amide bonds. The molecule has 2 N–H and O–H groups in total. The van der Waals surface area contributed by atoms with Crippen LogP contribution in [0.2, 0.25) is 0 Å². The Morgan fingerprint density at radius 2 is 2.13 bits per heavy atom. The summed E-state index contributed by atoms with van der Waals surface area (Å²) in [6.07, 6.45) is 5.19. The summed E-state index contributed by atoms with van der Waals surface area (Å²) in [5.74, 6) is 0.683. The number of aromatic nitrogens is 2. The first-order valence-corrected chi connectivity index (χ1v) is 10.4. The Kier molecular flexibility index (Phi) is 5.98. The summed E-state index contributed by atoms with van der Waals surface area (Å²) >= 11 is 6.49. The van der Waals surface area contributed by atoms with Crippen molar-refractivity contribution in [2.24, 2.45) is 0 Å². The van der Waals surface area contributed by atoms with Crippen LogP contribution in [-0.4, -0.2) is 42.8 Å². The third-order valence-corrected chi connectivity index (χ3v) is 5.82. The summed E-state index contributed by atoms with van der Waals surface area (Å²) in [7, 11) is 0. The molecular formula is C20H18N4O4S2. The van der Waals surface area contributed by atoms with Crippen LogP contribution in [0.4, 0.5) is 5.82 Å². The molecule has 4 heterocycles. The molecule has 0 aliphatic carbocycles. The summed E-state index contributed by atoms with van der Waals surface area (Å²) in [6, 6.07) is 8.77. The van der Waals surface area contributed by atoms with Gasteiger partial charge < -0.3 is 14.8 Å². The number of pyridine rings is 1. The van der Waals surface area contributed by atoms with Gasteiger partial charge in [0.1, 0.15) is 21.5 Å². The molecule has 154 valence electrons. The fourth-order valence-electron chi connectivity index (χ4n) is 2.98. The highest BCUT2D eigenvalue weighted by Gasteiger charge is 2.33. The number of amides is 1. The van der Waals surface area contributed by atoms with Gasteiger partial charge in [0.15, 0.2) is 0 Å². The zero-order chi connectivity index (χ0) is 21.1. The summed E-state index contributed by atoms with van der Waals surface area (Å²) in [6.45, 7) is 0.679. The van der Waals surface area contributed by atoms with Gasteiger partial charge in [-0.3, -0.25) is 18.9 Å². The number of rotatable bonds is 7. The molecule has 1 saturated heterocycles. The topological polar surface area (TPSA) is 100 Å². The van der Waals surface area contributed by atoms with Crippen LogP contribution >= 0.6 is 24.0 Å². The first-order valence-electron chi connectivity index (χ1n) is 9.22. The second-order valence-corrected chi connectivity index (χ2v) is 8.13. The Bertz CT molecular complexity index is 1190. The number of furan rings is 1. The highest BCUT2D eigenvalue weighted by Crippen LogP contribution is 2.34. The van der Waals surface area contributed by atoms with Crippen LogP contribution < -0.4 is 10.9 Å². The predicted octanol–water partition coefficient (Wildman–Crippen LogP) is 2.48. The van der Waals surface area contributed by atoms with Gasteiger partial charge in [0.2, 0.25) is 0 Å². The largest absolute Gasteiger partial charge is 0.467 e. The fraction of sp³-hybridized carbons (Fsp3) is 0.200. The average molecular weight is 443 g/mol. The molecule has 8 nitrogen and oxygen atoms in total. The number of fused-ring (bicyclic) bond motifs is 1. The lowest BCUT2D eigenvalue weighted by atomic mass is 10.2. The van der Waals surface area contributed by atoms with Crippen molar-refractivity contribution in [3.05, 3.63) is 69.4 Å². The number of aliphatic hydroxyl groups is 1. The van der Waals surface area contributed by atoms with E-state index in [1.165, 1.54) is 21.6 Å². The minimum atomic E-state index is -0.302. The quantitative estimate of drug-likeness (QED) is 0.327. The molecule has 3 aromatic rings. The van der Waals surface area contributed by atoms with Gasteiger partial charge in [-0.1, -0.05) is 30.0 Å². The smallest absolute Gasteiger partial charge is 0.267 e. The predicted molar refractivity (Wildman–Crippen MR) is 119 cm³/mol. The van der Waals surface area contributed by atoms with Crippen LogP contribution in [0.3, 0.4) is 0 Å². The lowest BCUT2D eigenvalue weighted by Crippen LogP contribution is -2.27. The maximum atomic E-state index is 13.1. The standard InChI is InChI=1S/C20H18N4O4S2/c25-9-4-7-21-17-14(18(26)23-8-2-1-6-16(23)22-17)11-15-19(27)24(20(29)30-15)12-13-5-3-10-28-13/h1-3,5-6,8,10-11,21,25H,4,7,9,12H2/b15-11+. The third kappa shape index (κ3) is 4.02. The van der Waals surface area contributed by atoms with E-state index in [1.807, 2.05) is 0 Å². The molecule has 1 aliphatic heterocycles. The van der Waals surface area contributed by atoms with E-state index in [-0.39, 0.29) is 30.2 Å². The van der Waals surface area contributed by atoms with Gasteiger partial charge in [-0.05, 0) is 36.8 Å². The van der Waals surface area contributed by atoms with E-state index >= 15 is 0 Å². The van der Waals surface area contributed by atoms with Crippen molar-refractivity contribution >= 4 is 51.7 Å². The van der Waals surface area contributed by atoms with Gasteiger partial charge in [0.25, 0.3) is 11.5 Å². The molecule has 0 atom stereocenters. The number of carbonyl (C=O) groups excluding carboxylic acids is 1. The Hall–Kier alpha value is -2.95. The molecule has 1 aliphatic rings. The van der Waals surface area contributed by atoms with Crippen molar-refractivity contribution in [2.45, 2.75) is 13.0 Å². The number of nitrogens with one attached hydrogen (secondary N) is 1. The molecule has 0 bridgehead atoms. The van der Waals surface area contributed by atoms with Crippen LogP contribution in [0.25, 0.3) is 11.7 Å². The van der Waals surface area contributed by atoms with Gasteiger partial charge in [0, 0.05) is 19.3 Å². The summed E-state index contributed by atoms with van der Waals surface area (Å²) in [5, 5.41) is 12.1. The van der Waals surface area contributed by atoms with E-state index in [9.17, 15) is 9.59 Å². The molecular weight excluding hydrogens is 424 g/mol. The minimum absolute atomic E-state index is 0.0142. The van der Waals surface area contributed by atoms with Crippen LogP contribution in [0.15, 0.2) is 56.9 Å². The first kappa shape index (κ1) is 20.3. The van der Waals surface area contributed by atoms with Gasteiger partial charge in [-0.15, -0.1) is 0 Å². The lowest BCUT2D eigenvalue weighted by molar-refractivity contribution is -0.122. The second kappa shape index (κ2) is 8.82. The average Bonchev–Trinajstić information content (AvgIpc) is 3.35. The van der Waals surface area contributed by atoms with E-state index in [1.54, 1.807) is 36.5 Å². The zero-order valence-electron chi connectivity index (χ0n) is 15.8. The number of hydrogen-bond acceptors (Lipinski definition) is 8. The second-order valence-electron chi connectivity index (χ2n) is 6.46. The van der Waals surface area contributed by atoms with Crippen molar-refractivity contribution < 1.29 is 14.3 Å². The van der Waals surface area contributed by atoms with Gasteiger partial charge >= 0.3 is 0 Å². The van der Waals surface area contributed by atoms with Gasteiger partial charge in [0.05, 0.1) is 23.3 Å². The number of hydrogen-bond donors (Lipinski definition) is 2. The summed E-state index contributed by atoms with van der Waals surface area (Å²) in [5.41, 5.74) is 0.440. The Morgan fingerprint density at radius 3 is 2.90 bits per heavy atom. The van der Waals surface area contributed by atoms with Crippen molar-refractivity contribution in [3.8, 4) is 0 Å². The number of carbonyl (C=O) groups is 1. The van der Waals surface area contributed by atoms with Crippen LogP contribution in [-0.2, 0) is 11.3 Å². The van der Waals surface area contributed by atoms with Gasteiger partial charge in [-0.2, -0.15) is 0 Å². The van der Waals surface area contributed by atoms with Crippen molar-refractivity contribution in [3.63, 3.8) is 0 Å². The van der Waals surface area contributed by atoms with Crippen molar-refractivity contribution in [1.29, 1.82) is 0 Å². The molecule has 4 rings (SSSR count). The Labute approximate surface area is 181 Å². The highest BCUT2D eigenvalue weighted by atomic mass is 32.2.